The van der Waals surface area contributed by atoms with Gasteiger partial charge in [0.25, 0.3) is 0 Å². The molecule has 0 aromatic heterocycles. The molecule has 6 nitrogen and oxygen atoms in total. The van der Waals surface area contributed by atoms with Gasteiger partial charge in [-0.1, -0.05) is 0 Å². The first kappa shape index (κ1) is 18.4. The molecule has 0 radical (unpaired) electrons. The van der Waals surface area contributed by atoms with E-state index in [0.717, 1.165) is 25.1 Å². The Kier molecular flexibility index (Phi) is 7.27. The minimum absolute atomic E-state index is 0. The van der Waals surface area contributed by atoms with Gasteiger partial charge in [0.1, 0.15) is 0 Å². The molecular weight excluding hydrogens is 308 g/mol. The number of hydrogen-bond donors (Lipinski definition) is 2. The molecule has 22 heavy (non-hydrogen) atoms. The highest BCUT2D eigenvalue weighted by atomic mass is 35.5. The zero-order valence-electron chi connectivity index (χ0n) is 13.1. The van der Waals surface area contributed by atoms with Crippen molar-refractivity contribution >= 4 is 18.3 Å². The van der Waals surface area contributed by atoms with Gasteiger partial charge < -0.3 is 24.8 Å². The van der Waals surface area contributed by atoms with Gasteiger partial charge >= 0.3 is 0 Å². The molecule has 1 fully saturated rings. The van der Waals surface area contributed by atoms with Crippen LogP contribution in [0.1, 0.15) is 12.0 Å². The Morgan fingerprint density at radius 3 is 2.32 bits per heavy atom. The van der Waals surface area contributed by atoms with E-state index in [1.807, 2.05) is 12.1 Å². The fourth-order valence-electron chi connectivity index (χ4n) is 2.45. The van der Waals surface area contributed by atoms with Crippen LogP contribution in [0.4, 0.5) is 0 Å². The lowest BCUT2D eigenvalue weighted by Gasteiger charge is -2.15. The van der Waals surface area contributed by atoms with E-state index < -0.39 is 0 Å². The third-order valence-electron chi connectivity index (χ3n) is 3.62. The van der Waals surface area contributed by atoms with Crippen LogP contribution in [0.3, 0.4) is 0 Å². The Hall–Kier alpha value is -1.66. The number of carbonyl (C=O) groups excluding carboxylic acids is 1. The lowest BCUT2D eigenvalue weighted by Crippen LogP contribution is -2.31. The van der Waals surface area contributed by atoms with Crippen molar-refractivity contribution in [1.82, 2.24) is 10.6 Å². The van der Waals surface area contributed by atoms with E-state index in [1.54, 1.807) is 21.3 Å². The normalized spacial score (nSPS) is 16.6. The number of rotatable bonds is 6. The number of amides is 1. The molecule has 1 amide bonds. The third kappa shape index (κ3) is 4.18. The van der Waals surface area contributed by atoms with Crippen molar-refractivity contribution in [1.29, 1.82) is 0 Å². The molecule has 1 aliphatic heterocycles. The van der Waals surface area contributed by atoms with Crippen molar-refractivity contribution in [3.8, 4) is 17.2 Å². The second-order valence-electron chi connectivity index (χ2n) is 4.94. The molecule has 0 bridgehead atoms. The molecular formula is C15H23ClN2O4. The number of hydrogen-bond acceptors (Lipinski definition) is 5. The molecule has 2 N–H and O–H groups in total. The van der Waals surface area contributed by atoms with Crippen LogP contribution in [-0.2, 0) is 11.3 Å². The third-order valence-corrected chi connectivity index (χ3v) is 3.62. The summed E-state index contributed by atoms with van der Waals surface area (Å²) in [7, 11) is 4.71. The van der Waals surface area contributed by atoms with Crippen LogP contribution < -0.4 is 24.8 Å². The summed E-state index contributed by atoms with van der Waals surface area (Å²) < 4.78 is 15.9. The first-order chi connectivity index (χ1) is 10.2. The lowest BCUT2D eigenvalue weighted by molar-refractivity contribution is -0.124. The van der Waals surface area contributed by atoms with Gasteiger partial charge in [0.2, 0.25) is 11.7 Å². The van der Waals surface area contributed by atoms with Gasteiger partial charge in [-0.3, -0.25) is 4.79 Å². The summed E-state index contributed by atoms with van der Waals surface area (Å²) in [4.78, 5) is 12.0. The predicted molar refractivity (Wildman–Crippen MR) is 86.2 cm³/mol. The number of ether oxygens (including phenoxy) is 3. The molecule has 124 valence electrons. The highest BCUT2D eigenvalue weighted by molar-refractivity contribution is 5.85. The molecule has 1 unspecified atom stereocenters. The van der Waals surface area contributed by atoms with Crippen LogP contribution in [-0.4, -0.2) is 40.3 Å². The summed E-state index contributed by atoms with van der Waals surface area (Å²) in [6.07, 6.45) is 0.890. The van der Waals surface area contributed by atoms with E-state index in [9.17, 15) is 4.79 Å². The van der Waals surface area contributed by atoms with Crippen LogP contribution >= 0.6 is 12.4 Å². The Morgan fingerprint density at radius 2 is 1.86 bits per heavy atom. The summed E-state index contributed by atoms with van der Waals surface area (Å²) in [6, 6.07) is 3.68. The average Bonchev–Trinajstić information content (AvgIpc) is 3.05. The highest BCUT2D eigenvalue weighted by Gasteiger charge is 2.22. The largest absolute Gasteiger partial charge is 0.493 e. The van der Waals surface area contributed by atoms with Gasteiger partial charge in [-0.15, -0.1) is 12.4 Å². The zero-order chi connectivity index (χ0) is 15.2. The van der Waals surface area contributed by atoms with Crippen molar-refractivity contribution < 1.29 is 19.0 Å². The van der Waals surface area contributed by atoms with Crippen LogP contribution in [0.2, 0.25) is 0 Å². The van der Waals surface area contributed by atoms with Crippen LogP contribution in [0, 0.1) is 5.92 Å². The molecule has 0 saturated carbocycles. The van der Waals surface area contributed by atoms with E-state index in [2.05, 4.69) is 10.6 Å². The van der Waals surface area contributed by atoms with Crippen molar-refractivity contribution in [3.05, 3.63) is 17.7 Å². The first-order valence-electron chi connectivity index (χ1n) is 6.97. The van der Waals surface area contributed by atoms with Crippen LogP contribution in [0.25, 0.3) is 0 Å². The van der Waals surface area contributed by atoms with Gasteiger partial charge in [0.05, 0.1) is 27.2 Å². The van der Waals surface area contributed by atoms with E-state index in [-0.39, 0.29) is 24.2 Å². The summed E-state index contributed by atoms with van der Waals surface area (Å²) in [5.41, 5.74) is 0.906. The molecule has 1 aromatic carbocycles. The molecule has 2 rings (SSSR count). The fraction of sp³-hybridized carbons (Fsp3) is 0.533. The van der Waals surface area contributed by atoms with Gasteiger partial charge in [0.15, 0.2) is 11.5 Å². The quantitative estimate of drug-likeness (QED) is 0.824. The predicted octanol–water partition coefficient (Wildman–Crippen LogP) is 1.36. The Bertz CT molecular complexity index is 479. The number of methoxy groups -OCH3 is 3. The fourth-order valence-corrected chi connectivity index (χ4v) is 2.45. The van der Waals surface area contributed by atoms with Gasteiger partial charge in [0, 0.05) is 13.1 Å². The number of carbonyl (C=O) groups is 1. The Morgan fingerprint density at radius 1 is 1.23 bits per heavy atom. The Balaban J connectivity index is 0.00000242. The van der Waals surface area contributed by atoms with Gasteiger partial charge in [-0.2, -0.15) is 0 Å². The summed E-state index contributed by atoms with van der Waals surface area (Å²) >= 11 is 0. The van der Waals surface area contributed by atoms with Crippen molar-refractivity contribution in [2.75, 3.05) is 34.4 Å². The second kappa shape index (κ2) is 8.70. The molecule has 7 heteroatoms. The standard InChI is InChI=1S/C15H22N2O4.ClH/c1-19-12-6-10(7-13(20-2)14(12)21-3)8-17-15(18)11-4-5-16-9-11;/h6-7,11,16H,4-5,8-9H2,1-3H3,(H,17,18);1H. The molecule has 1 aliphatic rings. The maximum atomic E-state index is 12.0. The van der Waals surface area contributed by atoms with E-state index >= 15 is 0 Å². The maximum Gasteiger partial charge on any atom is 0.224 e. The van der Waals surface area contributed by atoms with E-state index in [0.29, 0.717) is 23.8 Å². The van der Waals surface area contributed by atoms with Gasteiger partial charge in [-0.25, -0.2) is 0 Å². The number of benzene rings is 1. The number of nitrogens with one attached hydrogen (secondary N) is 2. The first-order valence-corrected chi connectivity index (χ1v) is 6.97. The molecule has 1 saturated heterocycles. The highest BCUT2D eigenvalue weighted by Crippen LogP contribution is 2.38. The molecule has 1 aromatic rings. The summed E-state index contributed by atoms with van der Waals surface area (Å²) in [5.74, 6) is 1.86. The smallest absolute Gasteiger partial charge is 0.224 e. The minimum atomic E-state index is 0. The van der Waals surface area contributed by atoms with E-state index in [1.165, 1.54) is 0 Å². The second-order valence-corrected chi connectivity index (χ2v) is 4.94. The number of halogens is 1. The monoisotopic (exact) mass is 330 g/mol. The summed E-state index contributed by atoms with van der Waals surface area (Å²) in [5, 5.41) is 6.14. The van der Waals surface area contributed by atoms with Crippen molar-refractivity contribution in [2.45, 2.75) is 13.0 Å². The molecule has 1 atom stereocenters. The molecule has 0 spiro atoms. The van der Waals surface area contributed by atoms with Crippen LogP contribution in [0.15, 0.2) is 12.1 Å². The molecule has 1 heterocycles. The SMILES string of the molecule is COc1cc(CNC(=O)C2CCNC2)cc(OC)c1OC.Cl. The van der Waals surface area contributed by atoms with Crippen LogP contribution in [0.5, 0.6) is 17.2 Å². The lowest BCUT2D eigenvalue weighted by atomic mass is 10.1. The maximum absolute atomic E-state index is 12.0. The summed E-state index contributed by atoms with van der Waals surface area (Å²) in [6.45, 7) is 2.09. The topological polar surface area (TPSA) is 68.8 Å². The average molecular weight is 331 g/mol. The molecule has 0 aliphatic carbocycles. The van der Waals surface area contributed by atoms with Gasteiger partial charge in [-0.05, 0) is 30.7 Å². The zero-order valence-corrected chi connectivity index (χ0v) is 13.9. The Labute approximate surface area is 136 Å². The van der Waals surface area contributed by atoms with Crippen molar-refractivity contribution in [2.24, 2.45) is 5.92 Å². The van der Waals surface area contributed by atoms with Crippen molar-refractivity contribution in [3.63, 3.8) is 0 Å². The minimum Gasteiger partial charge on any atom is -0.493 e. The van der Waals surface area contributed by atoms with E-state index in [4.69, 9.17) is 14.2 Å².